The molecule has 0 aromatic carbocycles. The number of nitrogens with one attached hydrogen (secondary N) is 2. The molecule has 2 heterocycles. The summed E-state index contributed by atoms with van der Waals surface area (Å²) in [6.07, 6.45) is 9.90. The first-order valence-corrected chi connectivity index (χ1v) is 6.91. The van der Waals surface area contributed by atoms with Crippen LogP contribution < -0.4 is 5.32 Å². The first-order valence-electron chi connectivity index (χ1n) is 6.91. The van der Waals surface area contributed by atoms with Crippen LogP contribution >= 0.6 is 0 Å². The number of hydrogen-bond donors (Lipinski definition) is 2. The molecule has 1 aliphatic carbocycles. The van der Waals surface area contributed by atoms with E-state index in [-0.39, 0.29) is 17.8 Å². The maximum atomic E-state index is 12.1. The Balaban J connectivity index is 1.65. The molecule has 1 saturated carbocycles. The molecule has 8 heteroatoms. The van der Waals surface area contributed by atoms with E-state index in [4.69, 9.17) is 0 Å². The highest BCUT2D eigenvalue weighted by Gasteiger charge is 2.18. The molecular weight excluding hydrogens is 258 g/mol. The van der Waals surface area contributed by atoms with E-state index in [9.17, 15) is 4.79 Å². The van der Waals surface area contributed by atoms with Gasteiger partial charge in [0.15, 0.2) is 0 Å². The van der Waals surface area contributed by atoms with Crippen LogP contribution in [0.2, 0.25) is 0 Å². The molecule has 0 bridgehead atoms. The number of nitrogens with zero attached hydrogens (tertiary/aromatic N) is 5. The number of carbonyl (C=O) groups is 1. The molecule has 1 amide bonds. The number of carbonyl (C=O) groups excluding carboxylic acids is 1. The van der Waals surface area contributed by atoms with Crippen LogP contribution in [0.3, 0.4) is 0 Å². The fraction of sp³-hybridized carbons (Fsp3) is 0.583. The van der Waals surface area contributed by atoms with Crippen LogP contribution in [0.15, 0.2) is 12.7 Å². The molecule has 20 heavy (non-hydrogen) atoms. The molecular formula is C12H17N7O. The minimum Gasteiger partial charge on any atom is -0.347 e. The lowest BCUT2D eigenvalue weighted by Gasteiger charge is -2.14. The van der Waals surface area contributed by atoms with Crippen LogP contribution in [-0.2, 0) is 0 Å². The molecule has 8 nitrogen and oxygen atoms in total. The van der Waals surface area contributed by atoms with Crippen molar-refractivity contribution in [1.29, 1.82) is 0 Å². The molecule has 1 aliphatic rings. The summed E-state index contributed by atoms with van der Waals surface area (Å²) in [5.41, 5.74) is 0. The van der Waals surface area contributed by atoms with Gasteiger partial charge in [-0.05, 0) is 12.8 Å². The second-order valence-electron chi connectivity index (χ2n) is 5.02. The van der Waals surface area contributed by atoms with Gasteiger partial charge in [0.05, 0.1) is 0 Å². The topological polar surface area (TPSA) is 101 Å². The third-order valence-electron chi connectivity index (χ3n) is 3.53. The quantitative estimate of drug-likeness (QED) is 0.808. The summed E-state index contributed by atoms with van der Waals surface area (Å²) in [6, 6.07) is 0.244. The van der Waals surface area contributed by atoms with Gasteiger partial charge in [0.2, 0.25) is 5.82 Å². The summed E-state index contributed by atoms with van der Waals surface area (Å²) < 4.78 is 1.54. The lowest BCUT2D eigenvalue weighted by molar-refractivity contribution is 0.0923. The molecule has 2 aromatic heterocycles. The van der Waals surface area contributed by atoms with Gasteiger partial charge < -0.3 is 5.32 Å². The highest BCUT2D eigenvalue weighted by molar-refractivity contribution is 5.90. The van der Waals surface area contributed by atoms with Gasteiger partial charge in [-0.15, -0.1) is 15.3 Å². The Kier molecular flexibility index (Phi) is 3.71. The third kappa shape index (κ3) is 2.84. The monoisotopic (exact) mass is 275 g/mol. The van der Waals surface area contributed by atoms with E-state index in [1.807, 2.05) is 0 Å². The molecule has 0 aliphatic heterocycles. The zero-order valence-corrected chi connectivity index (χ0v) is 11.1. The number of amides is 1. The maximum absolute atomic E-state index is 12.1. The Morgan fingerprint density at radius 1 is 1.20 bits per heavy atom. The summed E-state index contributed by atoms with van der Waals surface area (Å²) >= 11 is 0. The van der Waals surface area contributed by atoms with Crippen molar-refractivity contribution in [2.75, 3.05) is 0 Å². The summed E-state index contributed by atoms with van der Waals surface area (Å²) in [5.74, 6) is 0.377. The number of rotatable bonds is 3. The van der Waals surface area contributed by atoms with Crippen molar-refractivity contribution in [3.63, 3.8) is 0 Å². The summed E-state index contributed by atoms with van der Waals surface area (Å²) in [7, 11) is 0. The number of aromatic nitrogens is 6. The predicted molar refractivity (Wildman–Crippen MR) is 70.3 cm³/mol. The van der Waals surface area contributed by atoms with E-state index in [2.05, 4.69) is 30.7 Å². The molecule has 0 saturated heterocycles. The van der Waals surface area contributed by atoms with Crippen LogP contribution in [0.4, 0.5) is 0 Å². The highest BCUT2D eigenvalue weighted by atomic mass is 16.2. The largest absolute Gasteiger partial charge is 0.347 e. The Hall–Kier alpha value is -2.25. The van der Waals surface area contributed by atoms with E-state index >= 15 is 0 Å². The van der Waals surface area contributed by atoms with E-state index in [1.54, 1.807) is 4.57 Å². The maximum Gasteiger partial charge on any atom is 0.288 e. The van der Waals surface area contributed by atoms with Crippen LogP contribution in [0.25, 0.3) is 5.95 Å². The molecule has 1 fully saturated rings. The van der Waals surface area contributed by atoms with E-state index in [0.29, 0.717) is 5.95 Å². The van der Waals surface area contributed by atoms with E-state index in [1.165, 1.54) is 38.3 Å². The molecule has 3 rings (SSSR count). The van der Waals surface area contributed by atoms with Gasteiger partial charge in [0, 0.05) is 6.04 Å². The molecule has 0 radical (unpaired) electrons. The van der Waals surface area contributed by atoms with E-state index in [0.717, 1.165) is 12.8 Å². The number of aromatic amines is 1. The second-order valence-corrected chi connectivity index (χ2v) is 5.02. The minimum absolute atomic E-state index is 0.205. The highest BCUT2D eigenvalue weighted by Crippen LogP contribution is 2.17. The van der Waals surface area contributed by atoms with E-state index < -0.39 is 0 Å². The van der Waals surface area contributed by atoms with Crippen molar-refractivity contribution < 1.29 is 4.79 Å². The molecule has 0 spiro atoms. The van der Waals surface area contributed by atoms with Crippen molar-refractivity contribution in [3.8, 4) is 5.95 Å². The smallest absolute Gasteiger partial charge is 0.288 e. The van der Waals surface area contributed by atoms with Gasteiger partial charge in [0.1, 0.15) is 12.7 Å². The fourth-order valence-electron chi connectivity index (χ4n) is 2.45. The van der Waals surface area contributed by atoms with Gasteiger partial charge in [-0.25, -0.2) is 0 Å². The normalized spacial score (nSPS) is 16.8. The molecule has 0 unspecified atom stereocenters. The van der Waals surface area contributed by atoms with Crippen LogP contribution in [0.1, 0.15) is 49.1 Å². The molecule has 0 atom stereocenters. The zero-order valence-electron chi connectivity index (χ0n) is 11.1. The van der Waals surface area contributed by atoms with Crippen molar-refractivity contribution in [3.05, 3.63) is 18.5 Å². The van der Waals surface area contributed by atoms with Gasteiger partial charge in [-0.3, -0.25) is 14.5 Å². The molecule has 2 N–H and O–H groups in total. The van der Waals surface area contributed by atoms with Gasteiger partial charge in [-0.2, -0.15) is 4.98 Å². The Bertz CT molecular complexity index is 554. The average molecular weight is 275 g/mol. The summed E-state index contributed by atoms with van der Waals surface area (Å²) in [4.78, 5) is 16.3. The van der Waals surface area contributed by atoms with Gasteiger partial charge in [0.25, 0.3) is 11.9 Å². The Labute approximate surface area is 116 Å². The number of hydrogen-bond acceptors (Lipinski definition) is 5. The second kappa shape index (κ2) is 5.81. The van der Waals surface area contributed by atoms with Gasteiger partial charge in [-0.1, -0.05) is 25.7 Å². The Morgan fingerprint density at radius 3 is 2.60 bits per heavy atom. The predicted octanol–water partition coefficient (Wildman–Crippen LogP) is 0.838. The van der Waals surface area contributed by atoms with Crippen molar-refractivity contribution >= 4 is 5.91 Å². The van der Waals surface area contributed by atoms with Crippen molar-refractivity contribution in [1.82, 2.24) is 35.3 Å². The minimum atomic E-state index is -0.205. The lowest BCUT2D eigenvalue weighted by atomic mass is 10.1. The Morgan fingerprint density at radius 2 is 1.90 bits per heavy atom. The SMILES string of the molecule is O=C(NC1CCCCCC1)c1nc(-n2cnnc2)n[nH]1. The van der Waals surface area contributed by atoms with Crippen molar-refractivity contribution in [2.24, 2.45) is 0 Å². The first-order chi connectivity index (χ1) is 9.83. The lowest BCUT2D eigenvalue weighted by Crippen LogP contribution is -2.35. The first kappa shape index (κ1) is 12.8. The standard InChI is InChI=1S/C12H17N7O/c20-11(15-9-5-3-1-2-4-6-9)10-16-12(18-17-10)19-7-13-14-8-19/h7-9H,1-6H2,(H,15,20)(H,16,17,18). The third-order valence-corrected chi connectivity index (χ3v) is 3.53. The average Bonchev–Trinajstić information content (AvgIpc) is 3.07. The molecule has 106 valence electrons. The molecule has 2 aromatic rings. The summed E-state index contributed by atoms with van der Waals surface area (Å²) in [6.45, 7) is 0. The van der Waals surface area contributed by atoms with Crippen molar-refractivity contribution in [2.45, 2.75) is 44.6 Å². The van der Waals surface area contributed by atoms with Crippen LogP contribution in [-0.4, -0.2) is 41.9 Å². The summed E-state index contributed by atoms with van der Waals surface area (Å²) in [5, 5.41) is 17.0. The van der Waals surface area contributed by atoms with Crippen LogP contribution in [0.5, 0.6) is 0 Å². The number of H-pyrrole nitrogens is 1. The fourth-order valence-corrected chi connectivity index (χ4v) is 2.45. The zero-order chi connectivity index (χ0) is 13.8. The van der Waals surface area contributed by atoms with Crippen LogP contribution in [0, 0.1) is 0 Å². The van der Waals surface area contributed by atoms with Gasteiger partial charge >= 0.3 is 0 Å².